The van der Waals surface area contributed by atoms with E-state index in [-0.39, 0.29) is 5.92 Å². The Bertz CT molecular complexity index is 587. The van der Waals surface area contributed by atoms with E-state index in [4.69, 9.17) is 9.47 Å². The maximum absolute atomic E-state index is 5.40. The summed E-state index contributed by atoms with van der Waals surface area (Å²) in [6.07, 6.45) is 4.26. The van der Waals surface area contributed by atoms with E-state index in [1.807, 2.05) is 42.5 Å². The molecule has 0 aromatic heterocycles. The molecular weight excluding hydrogens is 248 g/mol. The fourth-order valence-corrected chi connectivity index (χ4v) is 2.20. The Morgan fingerprint density at radius 3 is 2.15 bits per heavy atom. The van der Waals surface area contributed by atoms with Crippen LogP contribution in [-0.4, -0.2) is 14.2 Å². The van der Waals surface area contributed by atoms with E-state index in [1.165, 1.54) is 5.56 Å². The lowest BCUT2D eigenvalue weighted by atomic mass is 9.98. The van der Waals surface area contributed by atoms with E-state index < -0.39 is 0 Å². The maximum Gasteiger partial charge on any atom is 0.126 e. The molecule has 104 valence electrons. The molecule has 0 spiro atoms. The first-order valence-electron chi connectivity index (χ1n) is 6.70. The average Bonchev–Trinajstić information content (AvgIpc) is 2.52. The number of allylic oxidation sites excluding steroid dienone is 1. The Hall–Kier alpha value is -2.22. The predicted molar refractivity (Wildman–Crippen MR) is 83.4 cm³/mol. The normalized spacial score (nSPS) is 12.3. The molecular formula is C18H20O2. The number of ether oxygens (including phenoxy) is 2. The Balaban J connectivity index is 2.22. The third-order valence-electron chi connectivity index (χ3n) is 3.33. The summed E-state index contributed by atoms with van der Waals surface area (Å²) in [4.78, 5) is 0. The van der Waals surface area contributed by atoms with Crippen LogP contribution in [0, 0.1) is 0 Å². The molecule has 0 amide bonds. The quantitative estimate of drug-likeness (QED) is 0.793. The van der Waals surface area contributed by atoms with Crippen molar-refractivity contribution < 1.29 is 9.47 Å². The van der Waals surface area contributed by atoms with Gasteiger partial charge in [-0.05, 0) is 12.1 Å². The van der Waals surface area contributed by atoms with Gasteiger partial charge in [-0.15, -0.1) is 0 Å². The van der Waals surface area contributed by atoms with Crippen LogP contribution in [0.5, 0.6) is 11.5 Å². The average molecular weight is 268 g/mol. The van der Waals surface area contributed by atoms with Crippen molar-refractivity contribution in [2.45, 2.75) is 12.8 Å². The molecule has 2 nitrogen and oxygen atoms in total. The Kier molecular flexibility index (Phi) is 4.83. The van der Waals surface area contributed by atoms with E-state index in [2.05, 4.69) is 25.1 Å². The summed E-state index contributed by atoms with van der Waals surface area (Å²) < 4.78 is 10.8. The number of hydrogen-bond donors (Lipinski definition) is 0. The summed E-state index contributed by atoms with van der Waals surface area (Å²) in [6, 6.07) is 16.1. The first-order valence-corrected chi connectivity index (χ1v) is 6.70. The zero-order chi connectivity index (χ0) is 14.4. The summed E-state index contributed by atoms with van der Waals surface area (Å²) in [7, 11) is 3.39. The van der Waals surface area contributed by atoms with Gasteiger partial charge in [0.15, 0.2) is 0 Å². The Morgan fingerprint density at radius 2 is 1.45 bits per heavy atom. The maximum atomic E-state index is 5.40. The van der Waals surface area contributed by atoms with Crippen molar-refractivity contribution in [2.24, 2.45) is 0 Å². The van der Waals surface area contributed by atoms with E-state index in [9.17, 15) is 0 Å². The Morgan fingerprint density at radius 1 is 0.850 bits per heavy atom. The SMILES string of the molecule is COc1ccccc1/C=C/C(C)c1ccccc1OC. The summed E-state index contributed by atoms with van der Waals surface area (Å²) in [5.41, 5.74) is 2.26. The van der Waals surface area contributed by atoms with Gasteiger partial charge >= 0.3 is 0 Å². The molecule has 0 aliphatic rings. The highest BCUT2D eigenvalue weighted by Gasteiger charge is 2.07. The smallest absolute Gasteiger partial charge is 0.126 e. The summed E-state index contributed by atoms with van der Waals surface area (Å²) in [5, 5.41) is 0. The minimum absolute atomic E-state index is 0.274. The van der Waals surface area contributed by atoms with E-state index in [0.29, 0.717) is 0 Å². The number of benzene rings is 2. The van der Waals surface area contributed by atoms with Gasteiger partial charge < -0.3 is 9.47 Å². The van der Waals surface area contributed by atoms with Gasteiger partial charge in [-0.3, -0.25) is 0 Å². The molecule has 0 heterocycles. The van der Waals surface area contributed by atoms with Crippen LogP contribution in [0.25, 0.3) is 6.08 Å². The van der Waals surface area contributed by atoms with Crippen molar-refractivity contribution in [1.82, 2.24) is 0 Å². The van der Waals surface area contributed by atoms with Gasteiger partial charge in [-0.25, -0.2) is 0 Å². The summed E-state index contributed by atoms with van der Waals surface area (Å²) in [5.74, 6) is 2.08. The first kappa shape index (κ1) is 14.2. The van der Waals surface area contributed by atoms with Gasteiger partial charge in [0.25, 0.3) is 0 Å². The third-order valence-corrected chi connectivity index (χ3v) is 3.33. The fraction of sp³-hybridized carbons (Fsp3) is 0.222. The van der Waals surface area contributed by atoms with Crippen molar-refractivity contribution >= 4 is 6.08 Å². The van der Waals surface area contributed by atoms with Crippen LogP contribution in [0.2, 0.25) is 0 Å². The lowest BCUT2D eigenvalue weighted by Gasteiger charge is -2.12. The van der Waals surface area contributed by atoms with Crippen LogP contribution in [-0.2, 0) is 0 Å². The minimum Gasteiger partial charge on any atom is -0.496 e. The van der Waals surface area contributed by atoms with Crippen LogP contribution < -0.4 is 9.47 Å². The molecule has 2 heteroatoms. The third kappa shape index (κ3) is 3.21. The van der Waals surface area contributed by atoms with Gasteiger partial charge in [0, 0.05) is 17.0 Å². The minimum atomic E-state index is 0.274. The number of para-hydroxylation sites is 2. The molecule has 0 aliphatic carbocycles. The second kappa shape index (κ2) is 6.80. The molecule has 2 aromatic rings. The lowest BCUT2D eigenvalue weighted by molar-refractivity contribution is 0.408. The van der Waals surface area contributed by atoms with Gasteiger partial charge in [-0.2, -0.15) is 0 Å². The van der Waals surface area contributed by atoms with Crippen molar-refractivity contribution in [1.29, 1.82) is 0 Å². The second-order valence-electron chi connectivity index (χ2n) is 4.63. The largest absolute Gasteiger partial charge is 0.496 e. The zero-order valence-electron chi connectivity index (χ0n) is 12.2. The zero-order valence-corrected chi connectivity index (χ0v) is 12.2. The molecule has 2 aromatic carbocycles. The fourth-order valence-electron chi connectivity index (χ4n) is 2.20. The van der Waals surface area contributed by atoms with E-state index >= 15 is 0 Å². The van der Waals surface area contributed by atoms with Crippen molar-refractivity contribution in [2.75, 3.05) is 14.2 Å². The standard InChI is InChI=1S/C18H20O2/c1-14(16-9-5-7-11-18(16)20-3)12-13-15-8-4-6-10-17(15)19-2/h4-14H,1-3H3/b13-12+. The van der Waals surface area contributed by atoms with Gasteiger partial charge in [0.1, 0.15) is 11.5 Å². The predicted octanol–water partition coefficient (Wildman–Crippen LogP) is 4.52. The molecule has 0 saturated heterocycles. The molecule has 0 N–H and O–H groups in total. The van der Waals surface area contributed by atoms with Gasteiger partial charge in [0.05, 0.1) is 14.2 Å². The van der Waals surface area contributed by atoms with Crippen LogP contribution in [0.1, 0.15) is 24.0 Å². The second-order valence-corrected chi connectivity index (χ2v) is 4.63. The molecule has 0 fully saturated rings. The molecule has 20 heavy (non-hydrogen) atoms. The lowest BCUT2D eigenvalue weighted by Crippen LogP contribution is -1.94. The van der Waals surface area contributed by atoms with Crippen molar-refractivity contribution in [3.63, 3.8) is 0 Å². The number of methoxy groups -OCH3 is 2. The van der Waals surface area contributed by atoms with E-state index in [1.54, 1.807) is 14.2 Å². The molecule has 0 radical (unpaired) electrons. The van der Waals surface area contributed by atoms with Crippen molar-refractivity contribution in [3.8, 4) is 11.5 Å². The summed E-state index contributed by atoms with van der Waals surface area (Å²) >= 11 is 0. The van der Waals surface area contributed by atoms with Crippen molar-refractivity contribution in [3.05, 3.63) is 65.7 Å². The Labute approximate surface area is 120 Å². The highest BCUT2D eigenvalue weighted by molar-refractivity contribution is 5.58. The molecule has 0 saturated carbocycles. The monoisotopic (exact) mass is 268 g/mol. The van der Waals surface area contributed by atoms with Crippen LogP contribution in [0.15, 0.2) is 54.6 Å². The first-order chi connectivity index (χ1) is 9.76. The summed E-state index contributed by atoms with van der Waals surface area (Å²) in [6.45, 7) is 2.16. The molecule has 2 rings (SSSR count). The van der Waals surface area contributed by atoms with Gasteiger partial charge in [0.2, 0.25) is 0 Å². The molecule has 0 bridgehead atoms. The molecule has 1 unspecified atom stereocenters. The number of hydrogen-bond acceptors (Lipinski definition) is 2. The molecule has 0 aliphatic heterocycles. The van der Waals surface area contributed by atoms with E-state index in [0.717, 1.165) is 17.1 Å². The van der Waals surface area contributed by atoms with Crippen LogP contribution in [0.3, 0.4) is 0 Å². The van der Waals surface area contributed by atoms with Crippen LogP contribution in [0.4, 0.5) is 0 Å². The highest BCUT2D eigenvalue weighted by Crippen LogP contribution is 2.28. The highest BCUT2D eigenvalue weighted by atomic mass is 16.5. The van der Waals surface area contributed by atoms with Gasteiger partial charge in [-0.1, -0.05) is 55.5 Å². The molecule has 1 atom stereocenters. The number of rotatable bonds is 5. The van der Waals surface area contributed by atoms with Crippen LogP contribution >= 0.6 is 0 Å². The topological polar surface area (TPSA) is 18.5 Å².